The summed E-state index contributed by atoms with van der Waals surface area (Å²) in [4.78, 5) is 21.6. The molecule has 0 heterocycles. The van der Waals surface area contributed by atoms with Crippen LogP contribution < -0.4 is 16.2 Å². The van der Waals surface area contributed by atoms with Gasteiger partial charge in [-0.3, -0.25) is 20.4 Å². The van der Waals surface area contributed by atoms with E-state index in [1.807, 2.05) is 0 Å². The molecule has 18 heavy (non-hydrogen) atoms. The zero-order chi connectivity index (χ0) is 13.2. The van der Waals surface area contributed by atoms with Crippen LogP contribution in [0.2, 0.25) is 0 Å². The summed E-state index contributed by atoms with van der Waals surface area (Å²) in [6.07, 6.45) is 4.22. The average Bonchev–Trinajstić information content (AvgIpc) is 2.38. The summed E-state index contributed by atoms with van der Waals surface area (Å²) in [5.74, 6) is 0.0372. The Labute approximate surface area is 107 Å². The topological polar surface area (TPSA) is 70.2 Å². The Morgan fingerprint density at radius 1 is 1.17 bits per heavy atom. The van der Waals surface area contributed by atoms with Crippen molar-refractivity contribution in [1.29, 1.82) is 0 Å². The molecule has 0 aliphatic carbocycles. The summed E-state index contributed by atoms with van der Waals surface area (Å²) in [6, 6.07) is 7.12. The number of carbonyl (C=O) groups excluding carboxylic acids is 2. The van der Waals surface area contributed by atoms with E-state index >= 15 is 0 Å². The van der Waals surface area contributed by atoms with E-state index < -0.39 is 0 Å². The molecular weight excluding hydrogens is 230 g/mol. The van der Waals surface area contributed by atoms with Crippen molar-refractivity contribution in [1.82, 2.24) is 5.43 Å². The van der Waals surface area contributed by atoms with Gasteiger partial charge >= 0.3 is 0 Å². The first-order chi connectivity index (χ1) is 8.76. The molecule has 1 rings (SSSR count). The van der Waals surface area contributed by atoms with E-state index in [1.165, 1.54) is 0 Å². The Morgan fingerprint density at radius 3 is 2.44 bits per heavy atom. The van der Waals surface area contributed by atoms with Gasteiger partial charge in [0.25, 0.3) is 0 Å². The summed E-state index contributed by atoms with van der Waals surface area (Å²) in [5.41, 5.74) is 6.54. The molecule has 5 heteroatoms. The second kappa shape index (κ2) is 8.11. The summed E-state index contributed by atoms with van der Waals surface area (Å²) in [5, 5.41) is 2.83. The number of hydrogen-bond donors (Lipinski definition) is 3. The van der Waals surface area contributed by atoms with Crippen LogP contribution in [0.25, 0.3) is 0 Å². The molecule has 0 aliphatic rings. The maximum absolute atomic E-state index is 11.6. The van der Waals surface area contributed by atoms with Crippen LogP contribution in [-0.4, -0.2) is 12.3 Å². The SMILES string of the molecule is CCCCCC(=O)Nc1ccc(NNC=O)cc1. The van der Waals surface area contributed by atoms with Crippen LogP contribution in [0.1, 0.15) is 32.6 Å². The number of hydrogen-bond acceptors (Lipinski definition) is 3. The molecule has 0 unspecified atom stereocenters. The molecule has 98 valence electrons. The Morgan fingerprint density at radius 2 is 1.83 bits per heavy atom. The minimum atomic E-state index is 0.0372. The molecule has 5 nitrogen and oxygen atoms in total. The largest absolute Gasteiger partial charge is 0.326 e. The Hall–Kier alpha value is -2.04. The highest BCUT2D eigenvalue weighted by molar-refractivity contribution is 5.90. The number of benzene rings is 1. The minimum Gasteiger partial charge on any atom is -0.326 e. The molecular formula is C13H19N3O2. The van der Waals surface area contributed by atoms with Crippen molar-refractivity contribution in [3.05, 3.63) is 24.3 Å². The summed E-state index contributed by atoms with van der Waals surface area (Å²) >= 11 is 0. The molecule has 0 aliphatic heterocycles. The van der Waals surface area contributed by atoms with Crippen molar-refractivity contribution < 1.29 is 9.59 Å². The first kappa shape index (κ1) is 14.0. The molecule has 1 aromatic carbocycles. The van der Waals surface area contributed by atoms with Crippen LogP contribution in [0.3, 0.4) is 0 Å². The lowest BCUT2D eigenvalue weighted by Crippen LogP contribution is -2.18. The molecule has 0 aromatic heterocycles. The van der Waals surface area contributed by atoms with Crippen LogP contribution in [0, 0.1) is 0 Å². The highest BCUT2D eigenvalue weighted by Gasteiger charge is 2.01. The van der Waals surface area contributed by atoms with Crippen molar-refractivity contribution in [2.24, 2.45) is 0 Å². The zero-order valence-corrected chi connectivity index (χ0v) is 10.5. The molecule has 2 amide bonds. The van der Waals surface area contributed by atoms with E-state index in [1.54, 1.807) is 24.3 Å². The molecule has 0 spiro atoms. The lowest BCUT2D eigenvalue weighted by Gasteiger charge is -2.07. The van der Waals surface area contributed by atoms with E-state index in [2.05, 4.69) is 23.1 Å². The van der Waals surface area contributed by atoms with E-state index in [0.717, 1.165) is 30.6 Å². The molecule has 0 fully saturated rings. The third-order valence-corrected chi connectivity index (χ3v) is 2.45. The number of anilines is 2. The van der Waals surface area contributed by atoms with E-state index in [9.17, 15) is 9.59 Å². The van der Waals surface area contributed by atoms with Crippen LogP contribution in [0.15, 0.2) is 24.3 Å². The highest BCUT2D eigenvalue weighted by atomic mass is 16.1. The van der Waals surface area contributed by atoms with Crippen LogP contribution in [-0.2, 0) is 9.59 Å². The van der Waals surface area contributed by atoms with Gasteiger partial charge in [-0.1, -0.05) is 19.8 Å². The lowest BCUT2D eigenvalue weighted by molar-refractivity contribution is -0.116. The monoisotopic (exact) mass is 249 g/mol. The summed E-state index contributed by atoms with van der Waals surface area (Å²) in [7, 11) is 0. The van der Waals surface area contributed by atoms with E-state index in [-0.39, 0.29) is 5.91 Å². The highest BCUT2D eigenvalue weighted by Crippen LogP contribution is 2.13. The third kappa shape index (κ3) is 5.34. The van der Waals surface area contributed by atoms with Crippen LogP contribution in [0.5, 0.6) is 0 Å². The second-order valence-electron chi connectivity index (χ2n) is 3.97. The van der Waals surface area contributed by atoms with Gasteiger partial charge in [0.1, 0.15) is 0 Å². The standard InChI is InChI=1S/C13H19N3O2/c1-2-3-4-5-13(18)15-11-6-8-12(9-7-11)16-14-10-17/h6-10,16H,2-5H2,1H3,(H,14,17)(H,15,18). The quantitative estimate of drug-likeness (QED) is 0.376. The number of hydrazine groups is 1. The van der Waals surface area contributed by atoms with Gasteiger partial charge in [-0.2, -0.15) is 0 Å². The van der Waals surface area contributed by atoms with Gasteiger partial charge < -0.3 is 5.32 Å². The fourth-order valence-electron chi connectivity index (χ4n) is 1.51. The molecule has 0 atom stereocenters. The van der Waals surface area contributed by atoms with E-state index in [0.29, 0.717) is 12.8 Å². The van der Waals surface area contributed by atoms with Gasteiger partial charge in [0, 0.05) is 12.1 Å². The number of unbranched alkanes of at least 4 members (excludes halogenated alkanes) is 2. The minimum absolute atomic E-state index is 0.0372. The predicted molar refractivity (Wildman–Crippen MR) is 72.0 cm³/mol. The normalized spacial score (nSPS) is 9.61. The zero-order valence-electron chi connectivity index (χ0n) is 10.5. The van der Waals surface area contributed by atoms with Gasteiger partial charge in [0.05, 0.1) is 5.69 Å². The van der Waals surface area contributed by atoms with Gasteiger partial charge in [0.2, 0.25) is 12.3 Å². The average molecular weight is 249 g/mol. The van der Waals surface area contributed by atoms with Gasteiger partial charge in [-0.15, -0.1) is 0 Å². The first-order valence-corrected chi connectivity index (χ1v) is 6.11. The van der Waals surface area contributed by atoms with Gasteiger partial charge in [0.15, 0.2) is 0 Å². The smallest absolute Gasteiger partial charge is 0.225 e. The first-order valence-electron chi connectivity index (χ1n) is 6.11. The molecule has 0 saturated carbocycles. The molecule has 1 aromatic rings. The Bertz CT molecular complexity index is 376. The predicted octanol–water partition coefficient (Wildman–Crippen LogP) is 2.28. The fraction of sp³-hybridized carbons (Fsp3) is 0.385. The van der Waals surface area contributed by atoms with Gasteiger partial charge in [-0.25, -0.2) is 0 Å². The molecule has 0 bridgehead atoms. The number of nitrogens with one attached hydrogen (secondary N) is 3. The van der Waals surface area contributed by atoms with E-state index in [4.69, 9.17) is 0 Å². The second-order valence-corrected chi connectivity index (χ2v) is 3.97. The third-order valence-electron chi connectivity index (χ3n) is 2.45. The van der Waals surface area contributed by atoms with Crippen molar-refractivity contribution in [3.8, 4) is 0 Å². The fourth-order valence-corrected chi connectivity index (χ4v) is 1.51. The molecule has 0 saturated heterocycles. The van der Waals surface area contributed by atoms with Crippen molar-refractivity contribution >= 4 is 23.7 Å². The number of amides is 2. The Kier molecular flexibility index (Phi) is 6.32. The van der Waals surface area contributed by atoms with Crippen LogP contribution in [0.4, 0.5) is 11.4 Å². The molecule has 0 radical (unpaired) electrons. The maximum atomic E-state index is 11.6. The summed E-state index contributed by atoms with van der Waals surface area (Å²) in [6.45, 7) is 2.11. The van der Waals surface area contributed by atoms with Gasteiger partial charge in [-0.05, 0) is 30.7 Å². The van der Waals surface area contributed by atoms with Crippen molar-refractivity contribution in [2.45, 2.75) is 32.6 Å². The van der Waals surface area contributed by atoms with Crippen molar-refractivity contribution in [3.63, 3.8) is 0 Å². The lowest BCUT2D eigenvalue weighted by atomic mass is 10.2. The maximum Gasteiger partial charge on any atom is 0.225 e. The Balaban J connectivity index is 2.38. The molecule has 3 N–H and O–H groups in total. The number of rotatable bonds is 8. The summed E-state index contributed by atoms with van der Waals surface area (Å²) < 4.78 is 0. The van der Waals surface area contributed by atoms with Crippen molar-refractivity contribution in [2.75, 3.05) is 10.7 Å². The van der Waals surface area contributed by atoms with Crippen LogP contribution >= 0.6 is 0 Å². The number of carbonyl (C=O) groups is 2.